The minimum absolute atomic E-state index is 0.00781. The number of carbonyl (C=O) groups is 1. The molecule has 0 fully saturated rings. The SMILES string of the molecule is COCC(CCO)NC(=O)c1ccc(-n2ccnc2)nc1. The number of aliphatic hydroxyl groups is 1. The first-order valence-corrected chi connectivity index (χ1v) is 6.59. The number of rotatable bonds is 7. The Hall–Kier alpha value is -2.25. The van der Waals surface area contributed by atoms with Crippen LogP contribution < -0.4 is 5.32 Å². The Labute approximate surface area is 122 Å². The third kappa shape index (κ3) is 4.11. The Balaban J connectivity index is 2.02. The van der Waals surface area contributed by atoms with Crippen LogP contribution in [-0.2, 0) is 4.74 Å². The van der Waals surface area contributed by atoms with E-state index in [1.165, 1.54) is 6.20 Å². The van der Waals surface area contributed by atoms with Crippen molar-refractivity contribution < 1.29 is 14.6 Å². The number of aliphatic hydroxyl groups excluding tert-OH is 1. The average Bonchev–Trinajstić information content (AvgIpc) is 3.02. The minimum Gasteiger partial charge on any atom is -0.396 e. The molecule has 2 rings (SSSR count). The Morgan fingerprint density at radius 2 is 2.38 bits per heavy atom. The molecular weight excluding hydrogens is 272 g/mol. The lowest BCUT2D eigenvalue weighted by Crippen LogP contribution is -2.38. The standard InChI is InChI=1S/C14H18N4O3/c1-21-9-12(4-7-19)17-14(20)11-2-3-13(16-8-11)18-6-5-15-10-18/h2-3,5-6,8,10,12,19H,4,7,9H2,1H3,(H,17,20). The first-order valence-electron chi connectivity index (χ1n) is 6.59. The topological polar surface area (TPSA) is 89.3 Å². The van der Waals surface area contributed by atoms with Crippen LogP contribution in [0.25, 0.3) is 5.82 Å². The maximum absolute atomic E-state index is 12.1. The summed E-state index contributed by atoms with van der Waals surface area (Å²) < 4.78 is 6.76. The van der Waals surface area contributed by atoms with Crippen molar-refractivity contribution in [1.82, 2.24) is 19.9 Å². The van der Waals surface area contributed by atoms with E-state index < -0.39 is 0 Å². The van der Waals surface area contributed by atoms with Crippen molar-refractivity contribution in [3.8, 4) is 5.82 Å². The van der Waals surface area contributed by atoms with Crippen LogP contribution in [-0.4, -0.2) is 51.9 Å². The molecule has 2 N–H and O–H groups in total. The van der Waals surface area contributed by atoms with Crippen LogP contribution in [0.15, 0.2) is 37.1 Å². The van der Waals surface area contributed by atoms with Crippen LogP contribution in [0, 0.1) is 0 Å². The molecule has 2 aromatic rings. The molecule has 0 bridgehead atoms. The fourth-order valence-electron chi connectivity index (χ4n) is 1.89. The zero-order chi connectivity index (χ0) is 15.1. The van der Waals surface area contributed by atoms with E-state index in [9.17, 15) is 4.79 Å². The summed E-state index contributed by atoms with van der Waals surface area (Å²) in [5, 5.41) is 11.8. The van der Waals surface area contributed by atoms with Gasteiger partial charge < -0.3 is 15.2 Å². The molecule has 0 saturated heterocycles. The Kier molecular flexibility index (Phi) is 5.42. The van der Waals surface area contributed by atoms with Gasteiger partial charge in [-0.25, -0.2) is 9.97 Å². The molecule has 2 aromatic heterocycles. The van der Waals surface area contributed by atoms with E-state index in [2.05, 4.69) is 15.3 Å². The third-order valence-corrected chi connectivity index (χ3v) is 2.96. The van der Waals surface area contributed by atoms with Gasteiger partial charge in [0.2, 0.25) is 0 Å². The van der Waals surface area contributed by atoms with E-state index in [0.29, 0.717) is 24.4 Å². The molecule has 0 spiro atoms. The lowest BCUT2D eigenvalue weighted by atomic mass is 10.2. The van der Waals surface area contributed by atoms with Crippen molar-refractivity contribution in [1.29, 1.82) is 0 Å². The van der Waals surface area contributed by atoms with E-state index in [1.54, 1.807) is 42.5 Å². The number of ether oxygens (including phenoxy) is 1. The summed E-state index contributed by atoms with van der Waals surface area (Å²) in [7, 11) is 1.55. The van der Waals surface area contributed by atoms with E-state index in [4.69, 9.17) is 9.84 Å². The van der Waals surface area contributed by atoms with Gasteiger partial charge in [-0.1, -0.05) is 0 Å². The number of pyridine rings is 1. The van der Waals surface area contributed by atoms with Crippen LogP contribution in [0.2, 0.25) is 0 Å². The fourth-order valence-corrected chi connectivity index (χ4v) is 1.89. The summed E-state index contributed by atoms with van der Waals surface area (Å²) >= 11 is 0. The van der Waals surface area contributed by atoms with Crippen LogP contribution in [0.5, 0.6) is 0 Å². The molecule has 0 aromatic carbocycles. The van der Waals surface area contributed by atoms with Gasteiger partial charge in [0, 0.05) is 32.3 Å². The molecule has 7 nitrogen and oxygen atoms in total. The zero-order valence-corrected chi connectivity index (χ0v) is 11.8. The molecule has 0 radical (unpaired) electrons. The highest BCUT2D eigenvalue weighted by Crippen LogP contribution is 2.06. The fraction of sp³-hybridized carbons (Fsp3) is 0.357. The molecule has 7 heteroatoms. The number of aromatic nitrogens is 3. The smallest absolute Gasteiger partial charge is 0.253 e. The third-order valence-electron chi connectivity index (χ3n) is 2.96. The Morgan fingerprint density at radius 1 is 1.52 bits per heavy atom. The van der Waals surface area contributed by atoms with E-state index in [0.717, 1.165) is 0 Å². The Morgan fingerprint density at radius 3 is 2.95 bits per heavy atom. The van der Waals surface area contributed by atoms with Gasteiger partial charge in [-0.15, -0.1) is 0 Å². The normalized spacial score (nSPS) is 12.1. The summed E-state index contributed by atoms with van der Waals surface area (Å²) in [5.41, 5.74) is 0.456. The zero-order valence-electron chi connectivity index (χ0n) is 11.8. The lowest BCUT2D eigenvalue weighted by molar-refractivity contribution is 0.0878. The van der Waals surface area contributed by atoms with Crippen molar-refractivity contribution in [2.75, 3.05) is 20.3 Å². The van der Waals surface area contributed by atoms with Crippen molar-refractivity contribution in [3.63, 3.8) is 0 Å². The van der Waals surface area contributed by atoms with Gasteiger partial charge >= 0.3 is 0 Å². The second kappa shape index (κ2) is 7.51. The van der Waals surface area contributed by atoms with Gasteiger partial charge in [-0.3, -0.25) is 9.36 Å². The van der Waals surface area contributed by atoms with E-state index in [-0.39, 0.29) is 18.6 Å². The quantitative estimate of drug-likeness (QED) is 0.770. The highest BCUT2D eigenvalue weighted by molar-refractivity contribution is 5.94. The molecule has 0 saturated carbocycles. The number of nitrogens with one attached hydrogen (secondary N) is 1. The first kappa shape index (κ1) is 15.1. The molecule has 1 unspecified atom stereocenters. The largest absolute Gasteiger partial charge is 0.396 e. The predicted octanol–water partition coefficient (Wildman–Crippen LogP) is 0.394. The molecule has 21 heavy (non-hydrogen) atoms. The maximum atomic E-state index is 12.1. The van der Waals surface area contributed by atoms with E-state index >= 15 is 0 Å². The molecular formula is C14H18N4O3. The monoisotopic (exact) mass is 290 g/mol. The van der Waals surface area contributed by atoms with Gasteiger partial charge in [-0.05, 0) is 18.6 Å². The van der Waals surface area contributed by atoms with Crippen LogP contribution >= 0.6 is 0 Å². The van der Waals surface area contributed by atoms with Crippen molar-refractivity contribution in [2.24, 2.45) is 0 Å². The number of imidazole rings is 1. The first-order chi connectivity index (χ1) is 10.2. The van der Waals surface area contributed by atoms with Gasteiger partial charge in [0.15, 0.2) is 0 Å². The van der Waals surface area contributed by atoms with Crippen molar-refractivity contribution >= 4 is 5.91 Å². The number of hydrogen-bond acceptors (Lipinski definition) is 5. The summed E-state index contributed by atoms with van der Waals surface area (Å²) in [4.78, 5) is 20.3. The van der Waals surface area contributed by atoms with Crippen molar-refractivity contribution in [2.45, 2.75) is 12.5 Å². The highest BCUT2D eigenvalue weighted by Gasteiger charge is 2.13. The molecule has 2 heterocycles. The van der Waals surface area contributed by atoms with Gasteiger partial charge in [0.05, 0.1) is 18.2 Å². The molecule has 0 aliphatic heterocycles. The summed E-state index contributed by atoms with van der Waals surface area (Å²) in [5.74, 6) is 0.447. The Bertz CT molecular complexity index is 548. The number of nitrogens with zero attached hydrogens (tertiary/aromatic N) is 3. The summed E-state index contributed by atoms with van der Waals surface area (Å²) in [6.45, 7) is 0.346. The number of hydrogen-bond donors (Lipinski definition) is 2. The van der Waals surface area contributed by atoms with Gasteiger partial charge in [-0.2, -0.15) is 0 Å². The number of amides is 1. The van der Waals surface area contributed by atoms with Crippen LogP contribution in [0.1, 0.15) is 16.8 Å². The van der Waals surface area contributed by atoms with Gasteiger partial charge in [0.1, 0.15) is 12.1 Å². The molecule has 0 aliphatic carbocycles. The average molecular weight is 290 g/mol. The van der Waals surface area contributed by atoms with Gasteiger partial charge in [0.25, 0.3) is 5.91 Å². The number of carbonyl (C=O) groups excluding carboxylic acids is 1. The van der Waals surface area contributed by atoms with Crippen LogP contribution in [0.4, 0.5) is 0 Å². The molecule has 1 atom stereocenters. The summed E-state index contributed by atoms with van der Waals surface area (Å²) in [6.07, 6.45) is 7.02. The summed E-state index contributed by atoms with van der Waals surface area (Å²) in [6, 6.07) is 3.22. The molecule has 0 aliphatic rings. The lowest BCUT2D eigenvalue weighted by Gasteiger charge is -2.16. The van der Waals surface area contributed by atoms with Crippen LogP contribution in [0.3, 0.4) is 0 Å². The highest BCUT2D eigenvalue weighted by atomic mass is 16.5. The molecule has 1 amide bonds. The second-order valence-corrected chi connectivity index (χ2v) is 4.51. The second-order valence-electron chi connectivity index (χ2n) is 4.51. The predicted molar refractivity (Wildman–Crippen MR) is 76.2 cm³/mol. The number of methoxy groups -OCH3 is 1. The van der Waals surface area contributed by atoms with Crippen molar-refractivity contribution in [3.05, 3.63) is 42.6 Å². The van der Waals surface area contributed by atoms with E-state index in [1.807, 2.05) is 0 Å². The maximum Gasteiger partial charge on any atom is 0.253 e. The molecule has 112 valence electrons. The minimum atomic E-state index is -0.241.